The third-order valence-electron chi connectivity index (χ3n) is 2.49. The van der Waals surface area contributed by atoms with Gasteiger partial charge in [-0.3, -0.25) is 0 Å². The van der Waals surface area contributed by atoms with E-state index >= 15 is 0 Å². The topological polar surface area (TPSA) is 44.8 Å². The Kier molecular flexibility index (Phi) is 3.54. The summed E-state index contributed by atoms with van der Waals surface area (Å²) in [4.78, 5) is 10.5. The number of benzene rings is 1. The highest BCUT2D eigenvalue weighted by Crippen LogP contribution is 2.17. The van der Waals surface area contributed by atoms with Gasteiger partial charge in [0.15, 0.2) is 12.6 Å². The predicted molar refractivity (Wildman–Crippen MR) is 57.4 cm³/mol. The molecule has 2 unspecified atom stereocenters. The van der Waals surface area contributed by atoms with Crippen LogP contribution in [0.3, 0.4) is 0 Å². The molecule has 4 heteroatoms. The molecule has 0 aromatic heterocycles. The van der Waals surface area contributed by atoms with Crippen molar-refractivity contribution in [1.29, 1.82) is 0 Å². The third-order valence-corrected chi connectivity index (χ3v) is 2.49. The van der Waals surface area contributed by atoms with Gasteiger partial charge >= 0.3 is 0 Å². The summed E-state index contributed by atoms with van der Waals surface area (Å²) in [6.45, 7) is 0.352. The Hall–Kier alpha value is -1.39. The molecule has 0 amide bonds. The van der Waals surface area contributed by atoms with Gasteiger partial charge in [-0.2, -0.15) is 0 Å². The summed E-state index contributed by atoms with van der Waals surface area (Å²) in [5.41, 5.74) is 1.09. The van der Waals surface area contributed by atoms with E-state index in [1.54, 1.807) is 7.11 Å². The molecule has 1 saturated heterocycles. The number of ether oxygens (including phenoxy) is 3. The van der Waals surface area contributed by atoms with E-state index in [4.69, 9.17) is 14.2 Å². The minimum absolute atomic E-state index is 0.316. The Balaban J connectivity index is 1.91. The highest BCUT2D eigenvalue weighted by molar-refractivity contribution is 5.56. The molecule has 0 spiro atoms. The summed E-state index contributed by atoms with van der Waals surface area (Å²) in [7, 11) is 1.63. The zero-order valence-electron chi connectivity index (χ0n) is 9.09. The van der Waals surface area contributed by atoms with E-state index in [0.29, 0.717) is 13.0 Å². The largest absolute Gasteiger partial charge is 0.497 e. The molecule has 1 aromatic carbocycles. The second-order valence-corrected chi connectivity index (χ2v) is 3.63. The Bertz CT molecular complexity index is 347. The lowest BCUT2D eigenvalue weighted by atomic mass is 10.1. The summed E-state index contributed by atoms with van der Waals surface area (Å²) in [5, 5.41) is 0. The van der Waals surface area contributed by atoms with Gasteiger partial charge in [0.05, 0.1) is 13.7 Å². The maximum atomic E-state index is 10.5. The summed E-state index contributed by atoms with van der Waals surface area (Å²) in [6, 6.07) is 7.70. The summed E-state index contributed by atoms with van der Waals surface area (Å²) < 4.78 is 15.7. The second-order valence-electron chi connectivity index (χ2n) is 3.63. The number of hydrogen-bond acceptors (Lipinski definition) is 4. The van der Waals surface area contributed by atoms with Crippen LogP contribution in [0.15, 0.2) is 24.3 Å². The molecular formula is C12H14O4. The Labute approximate surface area is 94.1 Å². The van der Waals surface area contributed by atoms with Crippen molar-refractivity contribution < 1.29 is 19.0 Å². The van der Waals surface area contributed by atoms with Crippen molar-refractivity contribution in [2.45, 2.75) is 18.8 Å². The minimum atomic E-state index is -0.414. The molecule has 4 nitrogen and oxygen atoms in total. The highest BCUT2D eigenvalue weighted by Gasteiger charge is 2.25. The minimum Gasteiger partial charge on any atom is -0.497 e. The number of methoxy groups -OCH3 is 1. The zero-order chi connectivity index (χ0) is 11.4. The lowest BCUT2D eigenvalue weighted by molar-refractivity contribution is -0.119. The number of carbonyl (C=O) groups excluding carboxylic acids is 1. The normalized spacial score (nSPS) is 24.3. The van der Waals surface area contributed by atoms with E-state index in [9.17, 15) is 4.79 Å². The van der Waals surface area contributed by atoms with Crippen LogP contribution in [-0.2, 0) is 20.7 Å². The first-order chi connectivity index (χ1) is 7.81. The average molecular weight is 222 g/mol. The first-order valence-corrected chi connectivity index (χ1v) is 5.17. The van der Waals surface area contributed by atoms with Crippen LogP contribution in [0, 0.1) is 0 Å². The second kappa shape index (κ2) is 5.09. The number of hydrogen-bond donors (Lipinski definition) is 0. The monoisotopic (exact) mass is 222 g/mol. The Morgan fingerprint density at radius 3 is 2.75 bits per heavy atom. The molecule has 1 fully saturated rings. The van der Waals surface area contributed by atoms with Crippen LogP contribution in [0.5, 0.6) is 5.75 Å². The van der Waals surface area contributed by atoms with E-state index in [0.717, 1.165) is 17.6 Å². The first kappa shape index (κ1) is 11.1. The fourth-order valence-electron chi connectivity index (χ4n) is 1.61. The summed E-state index contributed by atoms with van der Waals surface area (Å²) >= 11 is 0. The van der Waals surface area contributed by atoms with Crippen LogP contribution >= 0.6 is 0 Å². The maximum Gasteiger partial charge on any atom is 0.162 e. The SMILES string of the molecule is COc1ccc(CC2OCC(C=O)O2)cc1. The van der Waals surface area contributed by atoms with E-state index in [1.165, 1.54) is 0 Å². The van der Waals surface area contributed by atoms with Crippen molar-refractivity contribution in [2.24, 2.45) is 0 Å². The number of carbonyl (C=O) groups is 1. The van der Waals surface area contributed by atoms with E-state index < -0.39 is 6.10 Å². The van der Waals surface area contributed by atoms with Gasteiger partial charge in [0.2, 0.25) is 0 Å². The number of rotatable bonds is 4. The fraction of sp³-hybridized carbons (Fsp3) is 0.417. The van der Waals surface area contributed by atoms with Crippen molar-refractivity contribution in [1.82, 2.24) is 0 Å². The van der Waals surface area contributed by atoms with Crippen LogP contribution in [-0.4, -0.2) is 32.4 Å². The fourth-order valence-corrected chi connectivity index (χ4v) is 1.61. The summed E-state index contributed by atoms with van der Waals surface area (Å²) in [5.74, 6) is 0.822. The molecule has 1 heterocycles. The number of aldehydes is 1. The lowest BCUT2D eigenvalue weighted by Crippen LogP contribution is -2.15. The maximum absolute atomic E-state index is 10.5. The van der Waals surface area contributed by atoms with Gasteiger partial charge in [-0.15, -0.1) is 0 Å². The molecule has 2 atom stereocenters. The van der Waals surface area contributed by atoms with Gasteiger partial charge in [-0.1, -0.05) is 12.1 Å². The standard InChI is InChI=1S/C12H14O4/c1-14-10-4-2-9(3-5-10)6-12-15-8-11(7-13)16-12/h2-5,7,11-12H,6,8H2,1H3. The van der Waals surface area contributed by atoms with Crippen molar-refractivity contribution in [3.63, 3.8) is 0 Å². The van der Waals surface area contributed by atoms with Gasteiger partial charge in [-0.25, -0.2) is 0 Å². The van der Waals surface area contributed by atoms with Gasteiger partial charge in [0, 0.05) is 6.42 Å². The molecule has 86 valence electrons. The van der Waals surface area contributed by atoms with Gasteiger partial charge in [0.1, 0.15) is 11.9 Å². The molecule has 0 aliphatic carbocycles. The van der Waals surface area contributed by atoms with Crippen molar-refractivity contribution in [2.75, 3.05) is 13.7 Å². The van der Waals surface area contributed by atoms with Crippen LogP contribution in [0.1, 0.15) is 5.56 Å². The lowest BCUT2D eigenvalue weighted by Gasteiger charge is -2.09. The molecule has 0 bridgehead atoms. The van der Waals surface area contributed by atoms with Crippen molar-refractivity contribution in [3.8, 4) is 5.75 Å². The third kappa shape index (κ3) is 2.59. The van der Waals surface area contributed by atoms with Gasteiger partial charge < -0.3 is 19.0 Å². The van der Waals surface area contributed by atoms with E-state index in [1.807, 2.05) is 24.3 Å². The molecule has 0 saturated carbocycles. The molecule has 1 aliphatic heterocycles. The van der Waals surface area contributed by atoms with Crippen LogP contribution in [0.4, 0.5) is 0 Å². The predicted octanol–water partition coefficient (Wildman–Crippen LogP) is 1.18. The zero-order valence-corrected chi connectivity index (χ0v) is 9.09. The molecule has 0 N–H and O–H groups in total. The van der Waals surface area contributed by atoms with Gasteiger partial charge in [-0.05, 0) is 17.7 Å². The van der Waals surface area contributed by atoms with Crippen LogP contribution < -0.4 is 4.74 Å². The first-order valence-electron chi connectivity index (χ1n) is 5.17. The molecular weight excluding hydrogens is 208 g/mol. The quantitative estimate of drug-likeness (QED) is 0.717. The van der Waals surface area contributed by atoms with Crippen molar-refractivity contribution >= 4 is 6.29 Å². The van der Waals surface area contributed by atoms with Crippen LogP contribution in [0.25, 0.3) is 0 Å². The molecule has 1 aliphatic rings. The van der Waals surface area contributed by atoms with Crippen molar-refractivity contribution in [3.05, 3.63) is 29.8 Å². The Morgan fingerprint density at radius 1 is 1.44 bits per heavy atom. The Morgan fingerprint density at radius 2 is 2.19 bits per heavy atom. The highest BCUT2D eigenvalue weighted by atomic mass is 16.7. The van der Waals surface area contributed by atoms with E-state index in [-0.39, 0.29) is 6.29 Å². The molecule has 2 rings (SSSR count). The summed E-state index contributed by atoms with van der Waals surface area (Å²) in [6.07, 6.45) is 0.689. The van der Waals surface area contributed by atoms with E-state index in [2.05, 4.69) is 0 Å². The smallest absolute Gasteiger partial charge is 0.162 e. The van der Waals surface area contributed by atoms with Gasteiger partial charge in [0.25, 0.3) is 0 Å². The average Bonchev–Trinajstić information content (AvgIpc) is 2.78. The van der Waals surface area contributed by atoms with Crippen LogP contribution in [0.2, 0.25) is 0 Å². The molecule has 1 aromatic rings. The molecule has 16 heavy (non-hydrogen) atoms. The molecule has 0 radical (unpaired) electrons.